The second kappa shape index (κ2) is 6.29. The van der Waals surface area contributed by atoms with E-state index in [1.807, 2.05) is 24.4 Å². The molecule has 1 atom stereocenters. The quantitative estimate of drug-likeness (QED) is 0.654. The lowest BCUT2D eigenvalue weighted by atomic mass is 10.1. The van der Waals surface area contributed by atoms with E-state index < -0.39 is 0 Å². The van der Waals surface area contributed by atoms with Gasteiger partial charge in [0.05, 0.1) is 18.8 Å². The Kier molecular flexibility index (Phi) is 4.71. The fraction of sp³-hybridized carbons (Fsp3) is 0.250. The molecule has 2 aromatic heterocycles. The van der Waals surface area contributed by atoms with Crippen molar-refractivity contribution in [2.24, 2.45) is 5.84 Å². The molecule has 18 heavy (non-hydrogen) atoms. The maximum absolute atomic E-state index is 5.64. The number of nitrogens with one attached hydrogen (secondary N) is 1. The van der Waals surface area contributed by atoms with Gasteiger partial charge in [-0.1, -0.05) is 0 Å². The molecule has 6 heteroatoms. The third kappa shape index (κ3) is 3.08. The average molecular weight is 328 g/mol. The van der Waals surface area contributed by atoms with E-state index in [4.69, 9.17) is 10.6 Å². The zero-order valence-electron chi connectivity index (χ0n) is 9.89. The summed E-state index contributed by atoms with van der Waals surface area (Å²) in [4.78, 5) is 5.30. The lowest BCUT2D eigenvalue weighted by molar-refractivity contribution is 0.338. The molecule has 0 radical (unpaired) electrons. The molecule has 0 aromatic carbocycles. The van der Waals surface area contributed by atoms with Gasteiger partial charge in [-0.2, -0.15) is 0 Å². The third-order valence-electron chi connectivity index (χ3n) is 2.42. The van der Waals surface area contributed by atoms with Crippen LogP contribution in [0.3, 0.4) is 0 Å². The summed E-state index contributed by atoms with van der Waals surface area (Å²) in [5.41, 5.74) is 3.80. The van der Waals surface area contributed by atoms with Crippen molar-refractivity contribution in [2.75, 3.05) is 6.61 Å². The van der Waals surface area contributed by atoms with E-state index in [0.29, 0.717) is 6.61 Å². The van der Waals surface area contributed by atoms with E-state index in [1.54, 1.807) is 23.7 Å². The molecule has 0 spiro atoms. The SMILES string of the molecule is CCOc1cncc(C(NN)c2cc(Br)cs2)c1. The highest BCUT2D eigenvalue weighted by molar-refractivity contribution is 9.10. The number of nitrogens with two attached hydrogens (primary N) is 1. The van der Waals surface area contributed by atoms with Crippen molar-refractivity contribution in [3.05, 3.63) is 44.8 Å². The van der Waals surface area contributed by atoms with Crippen LogP contribution >= 0.6 is 27.3 Å². The topological polar surface area (TPSA) is 60.2 Å². The molecule has 1 unspecified atom stereocenters. The average Bonchev–Trinajstić information content (AvgIpc) is 2.78. The lowest BCUT2D eigenvalue weighted by Crippen LogP contribution is -2.28. The summed E-state index contributed by atoms with van der Waals surface area (Å²) in [6.07, 6.45) is 3.49. The molecule has 2 rings (SSSR count). The number of hydrazine groups is 1. The van der Waals surface area contributed by atoms with Crippen LogP contribution in [-0.2, 0) is 0 Å². The summed E-state index contributed by atoms with van der Waals surface area (Å²) in [6.45, 7) is 2.57. The molecule has 0 saturated heterocycles. The molecule has 0 fully saturated rings. The predicted octanol–water partition coefficient (Wildman–Crippen LogP) is 2.86. The summed E-state index contributed by atoms with van der Waals surface area (Å²) in [5, 5.41) is 2.03. The highest BCUT2D eigenvalue weighted by Crippen LogP contribution is 2.30. The molecule has 0 amide bonds. The van der Waals surface area contributed by atoms with Crippen molar-refractivity contribution in [3.63, 3.8) is 0 Å². The number of hydrogen-bond acceptors (Lipinski definition) is 5. The van der Waals surface area contributed by atoms with Gasteiger partial charge in [-0.25, -0.2) is 5.43 Å². The van der Waals surface area contributed by atoms with E-state index in [-0.39, 0.29) is 6.04 Å². The molecule has 3 N–H and O–H groups in total. The van der Waals surface area contributed by atoms with E-state index >= 15 is 0 Å². The third-order valence-corrected chi connectivity index (χ3v) is 4.18. The predicted molar refractivity (Wildman–Crippen MR) is 76.6 cm³/mol. The number of ether oxygens (including phenoxy) is 1. The summed E-state index contributed by atoms with van der Waals surface area (Å²) < 4.78 is 6.50. The Balaban J connectivity index is 2.29. The van der Waals surface area contributed by atoms with E-state index in [1.165, 1.54) is 0 Å². The van der Waals surface area contributed by atoms with Crippen LogP contribution in [0.15, 0.2) is 34.4 Å². The Morgan fingerprint density at radius 2 is 2.33 bits per heavy atom. The van der Waals surface area contributed by atoms with Gasteiger partial charge in [0.15, 0.2) is 0 Å². The van der Waals surface area contributed by atoms with Gasteiger partial charge in [-0.3, -0.25) is 10.8 Å². The van der Waals surface area contributed by atoms with E-state index in [9.17, 15) is 0 Å². The van der Waals surface area contributed by atoms with E-state index in [0.717, 1.165) is 20.7 Å². The van der Waals surface area contributed by atoms with Gasteiger partial charge >= 0.3 is 0 Å². The maximum Gasteiger partial charge on any atom is 0.137 e. The number of nitrogens with zero attached hydrogens (tertiary/aromatic N) is 1. The van der Waals surface area contributed by atoms with Crippen LogP contribution in [0.4, 0.5) is 0 Å². The number of hydrogen-bond donors (Lipinski definition) is 2. The first kappa shape index (κ1) is 13.5. The molecule has 4 nitrogen and oxygen atoms in total. The van der Waals surface area contributed by atoms with Crippen LogP contribution in [-0.4, -0.2) is 11.6 Å². The van der Waals surface area contributed by atoms with Gasteiger partial charge in [-0.05, 0) is 40.5 Å². The minimum Gasteiger partial charge on any atom is -0.492 e. The van der Waals surface area contributed by atoms with Crippen molar-refractivity contribution < 1.29 is 4.74 Å². The second-order valence-corrected chi connectivity index (χ2v) is 5.51. The van der Waals surface area contributed by atoms with E-state index in [2.05, 4.69) is 26.3 Å². The Morgan fingerprint density at radius 1 is 1.50 bits per heavy atom. The van der Waals surface area contributed by atoms with Crippen LogP contribution in [0.1, 0.15) is 23.4 Å². The standard InChI is InChI=1S/C12H14BrN3OS/c1-2-17-10-3-8(5-15-6-10)12(16-14)11-4-9(13)7-18-11/h3-7,12,16H,2,14H2,1H3. The summed E-state index contributed by atoms with van der Waals surface area (Å²) >= 11 is 5.08. The number of aromatic nitrogens is 1. The van der Waals surface area contributed by atoms with Gasteiger partial charge in [0, 0.05) is 20.9 Å². The van der Waals surface area contributed by atoms with Crippen molar-refractivity contribution in [2.45, 2.75) is 13.0 Å². The molecule has 0 aliphatic rings. The van der Waals surface area contributed by atoms with Crippen molar-refractivity contribution in [1.82, 2.24) is 10.4 Å². The molecule has 2 heterocycles. The molecule has 0 aliphatic heterocycles. The largest absolute Gasteiger partial charge is 0.492 e. The summed E-state index contributed by atoms with van der Waals surface area (Å²) in [5.74, 6) is 6.40. The van der Waals surface area contributed by atoms with Crippen LogP contribution in [0.2, 0.25) is 0 Å². The number of halogens is 1. The fourth-order valence-corrected chi connectivity index (χ4v) is 3.19. The molecule has 0 bridgehead atoms. The lowest BCUT2D eigenvalue weighted by Gasteiger charge is -2.15. The zero-order valence-corrected chi connectivity index (χ0v) is 12.3. The van der Waals surface area contributed by atoms with Crippen molar-refractivity contribution in [3.8, 4) is 5.75 Å². The number of thiophene rings is 1. The Morgan fingerprint density at radius 3 is 2.94 bits per heavy atom. The Labute approximate surface area is 118 Å². The number of pyridine rings is 1. The normalized spacial score (nSPS) is 12.4. The minimum absolute atomic E-state index is 0.0748. The van der Waals surface area contributed by atoms with Gasteiger partial charge < -0.3 is 4.74 Å². The molecule has 0 saturated carbocycles. The summed E-state index contributed by atoms with van der Waals surface area (Å²) in [6, 6.07) is 3.92. The van der Waals surface area contributed by atoms with Gasteiger partial charge in [-0.15, -0.1) is 11.3 Å². The first-order chi connectivity index (χ1) is 8.74. The second-order valence-electron chi connectivity index (χ2n) is 3.65. The van der Waals surface area contributed by atoms with Crippen molar-refractivity contribution in [1.29, 1.82) is 0 Å². The number of rotatable bonds is 5. The van der Waals surface area contributed by atoms with Crippen LogP contribution in [0, 0.1) is 0 Å². The minimum atomic E-state index is -0.0748. The highest BCUT2D eigenvalue weighted by Gasteiger charge is 2.15. The zero-order chi connectivity index (χ0) is 13.0. The fourth-order valence-electron chi connectivity index (χ4n) is 1.66. The molecule has 0 aliphatic carbocycles. The Bertz CT molecular complexity index is 518. The first-order valence-corrected chi connectivity index (χ1v) is 7.19. The smallest absolute Gasteiger partial charge is 0.137 e. The van der Waals surface area contributed by atoms with Crippen LogP contribution in [0.5, 0.6) is 5.75 Å². The van der Waals surface area contributed by atoms with Crippen LogP contribution < -0.4 is 16.0 Å². The molecule has 96 valence electrons. The van der Waals surface area contributed by atoms with Crippen molar-refractivity contribution >= 4 is 27.3 Å². The molecule has 2 aromatic rings. The van der Waals surface area contributed by atoms with Gasteiger partial charge in [0.1, 0.15) is 5.75 Å². The molecular formula is C12H14BrN3OS. The summed E-state index contributed by atoms with van der Waals surface area (Å²) in [7, 11) is 0. The Hall–Kier alpha value is -0.950. The van der Waals surface area contributed by atoms with Gasteiger partial charge in [0.2, 0.25) is 0 Å². The first-order valence-electron chi connectivity index (χ1n) is 5.52. The maximum atomic E-state index is 5.64. The van der Waals surface area contributed by atoms with Crippen LogP contribution in [0.25, 0.3) is 0 Å². The monoisotopic (exact) mass is 327 g/mol. The van der Waals surface area contributed by atoms with Gasteiger partial charge in [0.25, 0.3) is 0 Å². The molecular weight excluding hydrogens is 314 g/mol. The highest BCUT2D eigenvalue weighted by atomic mass is 79.9.